The fraction of sp³-hybridized carbons (Fsp3) is 0.333. The molecule has 2 aliphatic heterocycles. The number of nitrogens with zero attached hydrogens (tertiary/aromatic N) is 2. The second-order valence-electron chi connectivity index (χ2n) is 6.77. The van der Waals surface area contributed by atoms with Gasteiger partial charge in [-0.25, -0.2) is 9.96 Å². The normalized spacial score (nSPS) is 25.0. The van der Waals surface area contributed by atoms with Gasteiger partial charge < -0.3 is 0 Å². The predicted octanol–water partition coefficient (Wildman–Crippen LogP) is 3.56. The van der Waals surface area contributed by atoms with E-state index in [1.165, 1.54) is 4.90 Å². The first-order valence-corrected chi connectivity index (χ1v) is 9.16. The van der Waals surface area contributed by atoms with Crippen molar-refractivity contribution in [3.05, 3.63) is 60.7 Å². The van der Waals surface area contributed by atoms with Crippen LogP contribution in [-0.4, -0.2) is 24.0 Å². The number of hydroxylamine groups is 1. The maximum atomic E-state index is 13.1. The van der Waals surface area contributed by atoms with Gasteiger partial charge >= 0.3 is 0 Å². The molecule has 3 atom stereocenters. The van der Waals surface area contributed by atoms with E-state index in [1.54, 1.807) is 17.2 Å². The molecule has 0 unspecified atom stereocenters. The van der Waals surface area contributed by atoms with Gasteiger partial charge in [-0.15, -0.1) is 0 Å². The SMILES string of the molecule is CCCC[C@@H]1[C@@H]2C(=O)N(c3ccccc3)C(=O)[C@H]2ON1c1ccccc1. The van der Waals surface area contributed by atoms with Crippen LogP contribution in [0.15, 0.2) is 60.7 Å². The van der Waals surface area contributed by atoms with Gasteiger partial charge in [0.2, 0.25) is 5.91 Å². The Hall–Kier alpha value is -2.66. The first-order valence-electron chi connectivity index (χ1n) is 9.16. The minimum Gasteiger partial charge on any atom is -0.273 e. The lowest BCUT2D eigenvalue weighted by molar-refractivity contribution is -0.126. The number of fused-ring (bicyclic) bond motifs is 1. The summed E-state index contributed by atoms with van der Waals surface area (Å²) in [5, 5.41) is 1.78. The lowest BCUT2D eigenvalue weighted by Crippen LogP contribution is -2.40. The number of amides is 2. The number of unbranched alkanes of at least 4 members (excludes halogenated alkanes) is 1. The predicted molar refractivity (Wildman–Crippen MR) is 99.5 cm³/mol. The number of hydrogen-bond donors (Lipinski definition) is 0. The average molecular weight is 350 g/mol. The standard InChI is InChI=1S/C21H22N2O3/c1-2-3-14-17-18-19(26-23(17)16-12-8-5-9-13-16)21(25)22(20(18)24)15-10-6-4-7-11-15/h4-13,17-19H,2-3,14H2,1H3/t17-,18+,19+/m1/s1. The Kier molecular flexibility index (Phi) is 4.47. The number of rotatable bonds is 5. The van der Waals surface area contributed by atoms with Gasteiger partial charge in [-0.2, -0.15) is 0 Å². The highest BCUT2D eigenvalue weighted by atomic mass is 16.7. The lowest BCUT2D eigenvalue weighted by atomic mass is 9.92. The van der Waals surface area contributed by atoms with Crippen LogP contribution in [0.4, 0.5) is 11.4 Å². The molecule has 2 aromatic rings. The molecule has 2 heterocycles. The molecule has 0 spiro atoms. The topological polar surface area (TPSA) is 49.9 Å². The quantitative estimate of drug-likeness (QED) is 0.774. The summed E-state index contributed by atoms with van der Waals surface area (Å²) in [6.45, 7) is 2.12. The number of imide groups is 1. The highest BCUT2D eigenvalue weighted by molar-refractivity contribution is 6.23. The molecule has 0 aliphatic carbocycles. The van der Waals surface area contributed by atoms with Gasteiger partial charge in [0.05, 0.1) is 23.3 Å². The van der Waals surface area contributed by atoms with Gasteiger partial charge in [-0.3, -0.25) is 14.4 Å². The van der Waals surface area contributed by atoms with Crippen molar-refractivity contribution >= 4 is 23.2 Å². The van der Waals surface area contributed by atoms with Crippen LogP contribution in [0.25, 0.3) is 0 Å². The van der Waals surface area contributed by atoms with Crippen LogP contribution in [0.1, 0.15) is 26.2 Å². The Bertz CT molecular complexity index is 793. The van der Waals surface area contributed by atoms with E-state index in [9.17, 15) is 9.59 Å². The summed E-state index contributed by atoms with van der Waals surface area (Å²) in [6.07, 6.45) is 2.08. The summed E-state index contributed by atoms with van der Waals surface area (Å²) in [4.78, 5) is 33.4. The number of para-hydroxylation sites is 2. The minimum atomic E-state index is -0.746. The fourth-order valence-corrected chi connectivity index (χ4v) is 3.86. The molecule has 2 aliphatic rings. The molecule has 4 rings (SSSR count). The zero-order valence-corrected chi connectivity index (χ0v) is 14.7. The van der Waals surface area contributed by atoms with Crippen molar-refractivity contribution in [3.8, 4) is 0 Å². The van der Waals surface area contributed by atoms with Crippen molar-refractivity contribution in [3.63, 3.8) is 0 Å². The zero-order valence-electron chi connectivity index (χ0n) is 14.7. The van der Waals surface area contributed by atoms with Crippen LogP contribution < -0.4 is 9.96 Å². The van der Waals surface area contributed by atoms with E-state index in [0.717, 1.165) is 24.9 Å². The van der Waals surface area contributed by atoms with Crippen LogP contribution in [-0.2, 0) is 14.4 Å². The Labute approximate surface area is 153 Å². The molecule has 2 amide bonds. The summed E-state index contributed by atoms with van der Waals surface area (Å²) in [5.41, 5.74) is 1.50. The number of anilines is 2. The van der Waals surface area contributed by atoms with E-state index in [-0.39, 0.29) is 17.9 Å². The van der Waals surface area contributed by atoms with Gasteiger partial charge in [0.1, 0.15) is 0 Å². The Morgan fingerprint density at radius 3 is 2.12 bits per heavy atom. The molecule has 2 fully saturated rings. The van der Waals surface area contributed by atoms with E-state index < -0.39 is 12.0 Å². The fourth-order valence-electron chi connectivity index (χ4n) is 3.86. The van der Waals surface area contributed by atoms with E-state index in [2.05, 4.69) is 6.92 Å². The van der Waals surface area contributed by atoms with Gasteiger partial charge in [0.25, 0.3) is 5.91 Å². The molecule has 2 aromatic carbocycles. The Balaban J connectivity index is 1.67. The number of carbonyl (C=O) groups is 2. The van der Waals surface area contributed by atoms with Crippen LogP contribution in [0.3, 0.4) is 0 Å². The maximum Gasteiger partial charge on any atom is 0.266 e. The average Bonchev–Trinajstić information content (AvgIpc) is 3.17. The third-order valence-corrected chi connectivity index (χ3v) is 5.12. The van der Waals surface area contributed by atoms with Crippen molar-refractivity contribution in [1.29, 1.82) is 0 Å². The van der Waals surface area contributed by atoms with Gasteiger partial charge in [-0.05, 0) is 30.7 Å². The van der Waals surface area contributed by atoms with Crippen molar-refractivity contribution in [2.75, 3.05) is 9.96 Å². The second-order valence-corrected chi connectivity index (χ2v) is 6.77. The highest BCUT2D eigenvalue weighted by Crippen LogP contribution is 2.41. The van der Waals surface area contributed by atoms with Crippen LogP contribution in [0.2, 0.25) is 0 Å². The molecule has 0 radical (unpaired) electrons. The second kappa shape index (κ2) is 6.92. The van der Waals surface area contributed by atoms with E-state index in [0.29, 0.717) is 5.69 Å². The van der Waals surface area contributed by atoms with Crippen molar-refractivity contribution in [1.82, 2.24) is 0 Å². The molecule has 5 nitrogen and oxygen atoms in total. The summed E-state index contributed by atoms with van der Waals surface area (Å²) >= 11 is 0. The highest BCUT2D eigenvalue weighted by Gasteiger charge is 2.59. The zero-order chi connectivity index (χ0) is 18.1. The van der Waals surface area contributed by atoms with Crippen LogP contribution in [0, 0.1) is 5.92 Å². The summed E-state index contributed by atoms with van der Waals surface area (Å²) < 4.78 is 0. The van der Waals surface area contributed by atoms with Gasteiger partial charge in [-0.1, -0.05) is 56.2 Å². The number of hydrogen-bond acceptors (Lipinski definition) is 4. The van der Waals surface area contributed by atoms with Crippen molar-refractivity contribution < 1.29 is 14.4 Å². The maximum absolute atomic E-state index is 13.1. The van der Waals surface area contributed by atoms with Crippen LogP contribution >= 0.6 is 0 Å². The molecular weight excluding hydrogens is 328 g/mol. The monoisotopic (exact) mass is 350 g/mol. The molecular formula is C21H22N2O3. The van der Waals surface area contributed by atoms with Crippen LogP contribution in [0.5, 0.6) is 0 Å². The molecule has 26 heavy (non-hydrogen) atoms. The lowest BCUT2D eigenvalue weighted by Gasteiger charge is -2.28. The number of carbonyl (C=O) groups excluding carboxylic acids is 2. The van der Waals surface area contributed by atoms with E-state index in [1.807, 2.05) is 48.5 Å². The summed E-state index contributed by atoms with van der Waals surface area (Å²) in [6, 6.07) is 18.7. The molecule has 0 N–H and O–H groups in total. The molecule has 2 saturated heterocycles. The minimum absolute atomic E-state index is 0.132. The van der Waals surface area contributed by atoms with Crippen molar-refractivity contribution in [2.24, 2.45) is 5.92 Å². The smallest absolute Gasteiger partial charge is 0.266 e. The third kappa shape index (κ3) is 2.69. The Morgan fingerprint density at radius 1 is 0.885 bits per heavy atom. The Morgan fingerprint density at radius 2 is 1.50 bits per heavy atom. The largest absolute Gasteiger partial charge is 0.273 e. The third-order valence-electron chi connectivity index (χ3n) is 5.12. The van der Waals surface area contributed by atoms with E-state index in [4.69, 9.17) is 4.84 Å². The molecule has 0 saturated carbocycles. The number of benzene rings is 2. The molecule has 0 aromatic heterocycles. The van der Waals surface area contributed by atoms with Gasteiger partial charge in [0.15, 0.2) is 6.10 Å². The first-order chi connectivity index (χ1) is 12.7. The van der Waals surface area contributed by atoms with Crippen molar-refractivity contribution in [2.45, 2.75) is 38.3 Å². The molecule has 5 heteroatoms. The molecule has 0 bridgehead atoms. The van der Waals surface area contributed by atoms with Gasteiger partial charge in [0, 0.05) is 0 Å². The summed E-state index contributed by atoms with van der Waals surface area (Å²) in [5.74, 6) is -0.897. The first kappa shape index (κ1) is 16.8. The van der Waals surface area contributed by atoms with E-state index >= 15 is 0 Å². The summed E-state index contributed by atoms with van der Waals surface area (Å²) in [7, 11) is 0. The molecule has 134 valence electrons.